The van der Waals surface area contributed by atoms with Gasteiger partial charge < -0.3 is 14.6 Å². The quantitative estimate of drug-likeness (QED) is 0.577. The van der Waals surface area contributed by atoms with Gasteiger partial charge in [0.2, 0.25) is 0 Å². The highest BCUT2D eigenvalue weighted by Gasteiger charge is 2.18. The van der Waals surface area contributed by atoms with Crippen molar-refractivity contribution in [1.29, 1.82) is 0 Å². The Morgan fingerprint density at radius 1 is 1.00 bits per heavy atom. The molecule has 4 rings (SSSR count). The molecule has 148 valence electrons. The number of nitrogens with zero attached hydrogens (tertiary/aromatic N) is 1. The Morgan fingerprint density at radius 2 is 1.76 bits per heavy atom. The van der Waals surface area contributed by atoms with Gasteiger partial charge in [0.15, 0.2) is 0 Å². The minimum Gasteiger partial charge on any atom is -0.543 e. The van der Waals surface area contributed by atoms with Gasteiger partial charge in [-0.2, -0.15) is 0 Å². The standard InChI is InChI=1S/C24H22ClNO3/c25-17-12-13-23(29-15-16-6-1-2-7-16)20(14-17)18-8-3-4-9-19(18)21-10-5-11-22(26-21)24(27)28/h3-5,8-14,16H,1-2,6-7,15H2,(H,27,28)/p-1. The number of pyridine rings is 1. The van der Waals surface area contributed by atoms with Crippen molar-refractivity contribution in [1.82, 2.24) is 4.98 Å². The van der Waals surface area contributed by atoms with Gasteiger partial charge in [0.05, 0.1) is 24.0 Å². The molecule has 0 atom stereocenters. The molecule has 1 aliphatic rings. The van der Waals surface area contributed by atoms with Crippen molar-refractivity contribution in [3.05, 3.63) is 71.4 Å². The number of halogens is 1. The predicted octanol–water partition coefficient (Wildman–Crippen LogP) is 5.00. The summed E-state index contributed by atoms with van der Waals surface area (Å²) in [6.07, 6.45) is 4.95. The summed E-state index contributed by atoms with van der Waals surface area (Å²) in [5.74, 6) is 0.0627. The zero-order chi connectivity index (χ0) is 20.2. The van der Waals surface area contributed by atoms with Gasteiger partial charge in [-0.15, -0.1) is 0 Å². The van der Waals surface area contributed by atoms with E-state index in [1.54, 1.807) is 12.1 Å². The first-order chi connectivity index (χ1) is 14.1. The summed E-state index contributed by atoms with van der Waals surface area (Å²) < 4.78 is 6.20. The highest BCUT2D eigenvalue weighted by Crippen LogP contribution is 2.39. The molecule has 0 bridgehead atoms. The summed E-state index contributed by atoms with van der Waals surface area (Å²) in [4.78, 5) is 15.5. The van der Waals surface area contributed by atoms with Gasteiger partial charge in [0, 0.05) is 16.1 Å². The first kappa shape index (κ1) is 19.5. The van der Waals surface area contributed by atoms with Crippen molar-refractivity contribution in [2.24, 2.45) is 5.92 Å². The van der Waals surface area contributed by atoms with Crippen LogP contribution in [0.25, 0.3) is 22.4 Å². The summed E-state index contributed by atoms with van der Waals surface area (Å²) >= 11 is 6.30. The lowest BCUT2D eigenvalue weighted by molar-refractivity contribution is -0.255. The highest BCUT2D eigenvalue weighted by molar-refractivity contribution is 6.31. The lowest BCUT2D eigenvalue weighted by Crippen LogP contribution is -2.23. The number of aromatic nitrogens is 1. The zero-order valence-corrected chi connectivity index (χ0v) is 16.7. The van der Waals surface area contributed by atoms with Crippen LogP contribution in [-0.2, 0) is 0 Å². The van der Waals surface area contributed by atoms with Crippen molar-refractivity contribution in [3.8, 4) is 28.1 Å². The number of benzene rings is 2. The number of carboxylic acids is 1. The smallest absolute Gasteiger partial charge is 0.127 e. The van der Waals surface area contributed by atoms with Crippen LogP contribution in [0.1, 0.15) is 36.2 Å². The maximum absolute atomic E-state index is 11.2. The van der Waals surface area contributed by atoms with Crippen molar-refractivity contribution >= 4 is 17.6 Å². The molecule has 0 radical (unpaired) electrons. The van der Waals surface area contributed by atoms with Crippen LogP contribution in [0.2, 0.25) is 5.02 Å². The van der Waals surface area contributed by atoms with E-state index in [-0.39, 0.29) is 5.69 Å². The van der Waals surface area contributed by atoms with E-state index in [0.29, 0.717) is 23.2 Å². The first-order valence-electron chi connectivity index (χ1n) is 9.82. The average molecular weight is 407 g/mol. The van der Waals surface area contributed by atoms with Crippen molar-refractivity contribution in [2.45, 2.75) is 25.7 Å². The molecule has 1 fully saturated rings. The Morgan fingerprint density at radius 3 is 2.52 bits per heavy atom. The third-order valence-corrected chi connectivity index (χ3v) is 5.58. The number of ether oxygens (including phenoxy) is 1. The van der Waals surface area contributed by atoms with Crippen LogP contribution in [0.5, 0.6) is 5.75 Å². The van der Waals surface area contributed by atoms with E-state index in [2.05, 4.69) is 4.98 Å². The first-order valence-corrected chi connectivity index (χ1v) is 10.2. The summed E-state index contributed by atoms with van der Waals surface area (Å²) in [5, 5.41) is 11.8. The Bertz CT molecular complexity index is 1030. The Kier molecular flexibility index (Phi) is 5.81. The van der Waals surface area contributed by atoms with Crippen LogP contribution in [0.3, 0.4) is 0 Å². The maximum Gasteiger partial charge on any atom is 0.127 e. The maximum atomic E-state index is 11.2. The lowest BCUT2D eigenvalue weighted by atomic mass is 9.96. The second-order valence-electron chi connectivity index (χ2n) is 7.34. The normalized spacial score (nSPS) is 14.1. The second kappa shape index (κ2) is 8.66. The molecule has 0 aliphatic heterocycles. The fourth-order valence-corrected chi connectivity index (χ4v) is 4.04. The van der Waals surface area contributed by atoms with Crippen LogP contribution < -0.4 is 9.84 Å². The number of hydrogen-bond acceptors (Lipinski definition) is 4. The second-order valence-corrected chi connectivity index (χ2v) is 7.78. The molecule has 5 heteroatoms. The van der Waals surface area contributed by atoms with E-state index in [0.717, 1.165) is 22.4 Å². The molecule has 0 spiro atoms. The van der Waals surface area contributed by atoms with Gasteiger partial charge in [-0.25, -0.2) is 4.98 Å². The van der Waals surface area contributed by atoms with Crippen molar-refractivity contribution in [2.75, 3.05) is 6.61 Å². The fraction of sp³-hybridized carbons (Fsp3) is 0.250. The van der Waals surface area contributed by atoms with E-state index in [4.69, 9.17) is 16.3 Å². The third-order valence-electron chi connectivity index (χ3n) is 5.34. The van der Waals surface area contributed by atoms with Crippen LogP contribution >= 0.6 is 11.6 Å². The molecule has 1 aromatic heterocycles. The summed E-state index contributed by atoms with van der Waals surface area (Å²) in [7, 11) is 0. The molecule has 29 heavy (non-hydrogen) atoms. The molecular formula is C24H21ClNO3-. The number of carboxylic acid groups (broad SMARTS) is 1. The number of carbonyl (C=O) groups excluding carboxylic acids is 1. The van der Waals surface area contributed by atoms with Gasteiger partial charge in [-0.05, 0) is 54.7 Å². The Labute approximate surface area is 175 Å². The molecule has 0 unspecified atom stereocenters. The van der Waals surface area contributed by atoms with Crippen LogP contribution in [0.15, 0.2) is 60.7 Å². The van der Waals surface area contributed by atoms with Gasteiger partial charge in [0.1, 0.15) is 5.75 Å². The molecule has 1 aliphatic carbocycles. The molecule has 0 N–H and O–H groups in total. The molecule has 0 saturated heterocycles. The molecule has 4 nitrogen and oxygen atoms in total. The lowest BCUT2D eigenvalue weighted by Gasteiger charge is -2.17. The molecule has 3 aromatic rings. The van der Waals surface area contributed by atoms with E-state index in [1.807, 2.05) is 42.5 Å². The van der Waals surface area contributed by atoms with Gasteiger partial charge >= 0.3 is 0 Å². The number of hydrogen-bond donors (Lipinski definition) is 0. The largest absolute Gasteiger partial charge is 0.543 e. The molecule has 2 aromatic carbocycles. The minimum atomic E-state index is -1.30. The van der Waals surface area contributed by atoms with E-state index >= 15 is 0 Å². The SMILES string of the molecule is O=C([O-])c1cccc(-c2ccccc2-c2cc(Cl)ccc2OCC2CCCC2)n1. The fourth-order valence-electron chi connectivity index (χ4n) is 3.86. The molecular weight excluding hydrogens is 386 g/mol. The number of aromatic carboxylic acids is 1. The minimum absolute atomic E-state index is 0.0962. The Hall–Kier alpha value is -2.85. The topological polar surface area (TPSA) is 62.2 Å². The van der Waals surface area contributed by atoms with Crippen LogP contribution in [0.4, 0.5) is 0 Å². The number of rotatable bonds is 6. The van der Waals surface area contributed by atoms with Crippen molar-refractivity contribution < 1.29 is 14.6 Å². The van der Waals surface area contributed by atoms with Crippen molar-refractivity contribution in [3.63, 3.8) is 0 Å². The van der Waals surface area contributed by atoms with Gasteiger partial charge in [-0.3, -0.25) is 0 Å². The third kappa shape index (κ3) is 4.43. The monoisotopic (exact) mass is 406 g/mol. The summed E-state index contributed by atoms with van der Waals surface area (Å²) in [5.41, 5.74) is 3.03. The van der Waals surface area contributed by atoms with Gasteiger partial charge in [0.25, 0.3) is 0 Å². The molecule has 1 saturated carbocycles. The zero-order valence-electron chi connectivity index (χ0n) is 15.9. The van der Waals surface area contributed by atoms with Gasteiger partial charge in [-0.1, -0.05) is 54.8 Å². The van der Waals surface area contributed by atoms with Crippen LogP contribution in [0, 0.1) is 5.92 Å². The van der Waals surface area contributed by atoms with E-state index in [1.165, 1.54) is 31.7 Å². The van der Waals surface area contributed by atoms with Crippen LogP contribution in [-0.4, -0.2) is 17.6 Å². The molecule has 1 heterocycles. The average Bonchev–Trinajstić information content (AvgIpc) is 3.26. The van der Waals surface area contributed by atoms with E-state index in [9.17, 15) is 9.90 Å². The summed E-state index contributed by atoms with van der Waals surface area (Å²) in [6, 6.07) is 18.2. The number of carbonyl (C=O) groups is 1. The summed E-state index contributed by atoms with van der Waals surface area (Å²) in [6.45, 7) is 0.690. The predicted molar refractivity (Wildman–Crippen MR) is 112 cm³/mol. The molecule has 0 amide bonds. The van der Waals surface area contributed by atoms with E-state index < -0.39 is 5.97 Å². The highest BCUT2D eigenvalue weighted by atomic mass is 35.5. The Balaban J connectivity index is 1.74.